The fourth-order valence-electron chi connectivity index (χ4n) is 1.49. The SMILES string of the molecule is O=C(C=CSc1ccc(C(F)(F)F)cn1)c1ccc(F)cc1. The smallest absolute Gasteiger partial charge is 0.289 e. The van der Waals surface area contributed by atoms with E-state index in [1.165, 1.54) is 41.8 Å². The summed E-state index contributed by atoms with van der Waals surface area (Å²) in [6.07, 6.45) is -2.44. The number of carbonyl (C=O) groups excluding carboxylic acids is 1. The summed E-state index contributed by atoms with van der Waals surface area (Å²) in [4.78, 5) is 15.4. The van der Waals surface area contributed by atoms with Crippen molar-refractivity contribution in [2.24, 2.45) is 0 Å². The minimum absolute atomic E-state index is 0.318. The molecule has 1 aromatic carbocycles. The second kappa shape index (κ2) is 6.74. The standard InChI is InChI=1S/C15H9F4NOS/c16-12-4-1-10(2-5-12)13(21)7-8-22-14-6-3-11(9-20-14)15(17,18)19/h1-9H. The van der Waals surface area contributed by atoms with Crippen LogP contribution in [0.1, 0.15) is 15.9 Å². The number of rotatable bonds is 4. The summed E-state index contributed by atoms with van der Waals surface area (Å²) in [6, 6.07) is 7.19. The van der Waals surface area contributed by atoms with Gasteiger partial charge in [-0.15, -0.1) is 0 Å². The molecule has 114 valence electrons. The number of alkyl halides is 3. The second-order valence-electron chi connectivity index (χ2n) is 4.17. The molecule has 0 spiro atoms. The maximum Gasteiger partial charge on any atom is 0.417 e. The number of aromatic nitrogens is 1. The van der Waals surface area contributed by atoms with Crippen LogP contribution in [-0.4, -0.2) is 10.8 Å². The van der Waals surface area contributed by atoms with E-state index in [-0.39, 0.29) is 5.78 Å². The molecule has 1 heterocycles. The lowest BCUT2D eigenvalue weighted by atomic mass is 10.1. The Kier molecular flexibility index (Phi) is 4.97. The summed E-state index contributed by atoms with van der Waals surface area (Å²) in [6.45, 7) is 0. The first-order valence-corrected chi connectivity index (χ1v) is 6.90. The fraction of sp³-hybridized carbons (Fsp3) is 0.0667. The average molecular weight is 327 g/mol. The summed E-state index contributed by atoms with van der Waals surface area (Å²) in [5.74, 6) is -0.775. The van der Waals surface area contributed by atoms with Gasteiger partial charge < -0.3 is 0 Å². The van der Waals surface area contributed by atoms with E-state index in [9.17, 15) is 22.4 Å². The number of nitrogens with zero attached hydrogens (tertiary/aromatic N) is 1. The maximum absolute atomic E-state index is 12.7. The van der Waals surface area contributed by atoms with E-state index >= 15 is 0 Å². The Labute approximate surface area is 127 Å². The highest BCUT2D eigenvalue weighted by Crippen LogP contribution is 2.29. The molecule has 7 heteroatoms. The Hall–Kier alpha value is -2.15. The number of halogens is 4. The molecular formula is C15H9F4NOS. The molecule has 22 heavy (non-hydrogen) atoms. The minimum atomic E-state index is -4.43. The zero-order valence-corrected chi connectivity index (χ0v) is 11.8. The van der Waals surface area contributed by atoms with Gasteiger partial charge in [-0.1, -0.05) is 11.8 Å². The molecule has 2 rings (SSSR count). The molecule has 0 amide bonds. The topological polar surface area (TPSA) is 30.0 Å². The predicted octanol–water partition coefficient (Wildman–Crippen LogP) is 4.73. The fourth-order valence-corrected chi connectivity index (χ4v) is 2.08. The van der Waals surface area contributed by atoms with Crippen LogP contribution in [0.3, 0.4) is 0 Å². The van der Waals surface area contributed by atoms with Gasteiger partial charge in [-0.05, 0) is 47.9 Å². The molecule has 0 aliphatic rings. The Morgan fingerprint density at radius 3 is 2.32 bits per heavy atom. The highest BCUT2D eigenvalue weighted by atomic mass is 32.2. The van der Waals surface area contributed by atoms with Crippen molar-refractivity contribution < 1.29 is 22.4 Å². The van der Waals surface area contributed by atoms with Crippen LogP contribution in [0.5, 0.6) is 0 Å². The molecule has 0 atom stereocenters. The van der Waals surface area contributed by atoms with E-state index in [4.69, 9.17) is 0 Å². The molecule has 1 aromatic heterocycles. The van der Waals surface area contributed by atoms with Crippen molar-refractivity contribution in [3.63, 3.8) is 0 Å². The maximum atomic E-state index is 12.7. The van der Waals surface area contributed by atoms with Crippen LogP contribution >= 0.6 is 11.8 Å². The van der Waals surface area contributed by atoms with Crippen molar-refractivity contribution >= 4 is 17.5 Å². The number of allylic oxidation sites excluding steroid dienone is 1. The van der Waals surface area contributed by atoms with E-state index in [1.54, 1.807) is 0 Å². The van der Waals surface area contributed by atoms with Crippen LogP contribution in [0.2, 0.25) is 0 Å². The van der Waals surface area contributed by atoms with Gasteiger partial charge in [0.2, 0.25) is 0 Å². The minimum Gasteiger partial charge on any atom is -0.289 e. The van der Waals surface area contributed by atoms with Crippen LogP contribution in [-0.2, 0) is 6.18 Å². The van der Waals surface area contributed by atoms with Gasteiger partial charge in [0, 0.05) is 11.8 Å². The van der Waals surface area contributed by atoms with Gasteiger partial charge in [-0.2, -0.15) is 13.2 Å². The number of hydrogen-bond donors (Lipinski definition) is 0. The molecule has 2 aromatic rings. The third kappa shape index (κ3) is 4.42. The Morgan fingerprint density at radius 2 is 1.77 bits per heavy atom. The van der Waals surface area contributed by atoms with Crippen LogP contribution in [0, 0.1) is 5.82 Å². The molecule has 0 aliphatic heterocycles. The first-order chi connectivity index (χ1) is 10.4. The van der Waals surface area contributed by atoms with Gasteiger partial charge in [-0.25, -0.2) is 9.37 Å². The number of hydrogen-bond acceptors (Lipinski definition) is 3. The van der Waals surface area contributed by atoms with Gasteiger partial charge in [0.15, 0.2) is 5.78 Å². The Balaban J connectivity index is 1.97. The third-order valence-electron chi connectivity index (χ3n) is 2.60. The lowest BCUT2D eigenvalue weighted by Gasteiger charge is -2.05. The zero-order valence-electron chi connectivity index (χ0n) is 11.0. The molecular weight excluding hydrogens is 318 g/mol. The molecule has 0 fully saturated rings. The van der Waals surface area contributed by atoms with Crippen LogP contribution in [0.25, 0.3) is 0 Å². The largest absolute Gasteiger partial charge is 0.417 e. The molecule has 0 aliphatic carbocycles. The van der Waals surface area contributed by atoms with Gasteiger partial charge >= 0.3 is 6.18 Å². The molecule has 0 radical (unpaired) electrons. The first kappa shape index (κ1) is 16.2. The average Bonchev–Trinajstić information content (AvgIpc) is 2.47. The van der Waals surface area contributed by atoms with E-state index < -0.39 is 17.6 Å². The van der Waals surface area contributed by atoms with Crippen molar-refractivity contribution in [1.29, 1.82) is 0 Å². The molecule has 0 saturated carbocycles. The second-order valence-corrected chi connectivity index (χ2v) is 5.10. The molecule has 0 saturated heterocycles. The number of ketones is 1. The number of pyridine rings is 1. The molecule has 0 bridgehead atoms. The van der Waals surface area contributed by atoms with Crippen LogP contribution in [0.4, 0.5) is 17.6 Å². The first-order valence-electron chi connectivity index (χ1n) is 6.02. The van der Waals surface area contributed by atoms with Crippen LogP contribution < -0.4 is 0 Å². The number of benzene rings is 1. The molecule has 0 N–H and O–H groups in total. The number of carbonyl (C=O) groups is 1. The Bertz CT molecular complexity index is 678. The van der Waals surface area contributed by atoms with Crippen molar-refractivity contribution in [2.75, 3.05) is 0 Å². The third-order valence-corrected chi connectivity index (χ3v) is 3.36. The van der Waals surface area contributed by atoms with Crippen molar-refractivity contribution in [3.05, 3.63) is 71.0 Å². The van der Waals surface area contributed by atoms with Crippen molar-refractivity contribution in [2.45, 2.75) is 11.2 Å². The van der Waals surface area contributed by atoms with Crippen molar-refractivity contribution in [1.82, 2.24) is 4.98 Å². The van der Waals surface area contributed by atoms with Gasteiger partial charge in [-0.3, -0.25) is 4.79 Å². The zero-order chi connectivity index (χ0) is 16.2. The van der Waals surface area contributed by atoms with E-state index in [1.807, 2.05) is 0 Å². The van der Waals surface area contributed by atoms with E-state index in [0.29, 0.717) is 10.6 Å². The summed E-state index contributed by atoms with van der Waals surface area (Å²) < 4.78 is 49.8. The van der Waals surface area contributed by atoms with E-state index in [2.05, 4.69) is 4.98 Å². The number of thioether (sulfide) groups is 1. The van der Waals surface area contributed by atoms with Crippen LogP contribution in [0.15, 0.2) is 59.1 Å². The Morgan fingerprint density at radius 1 is 1.09 bits per heavy atom. The lowest BCUT2D eigenvalue weighted by molar-refractivity contribution is -0.137. The summed E-state index contributed by atoms with van der Waals surface area (Å²) in [7, 11) is 0. The quantitative estimate of drug-likeness (QED) is 0.352. The highest BCUT2D eigenvalue weighted by molar-refractivity contribution is 8.02. The van der Waals surface area contributed by atoms with Crippen molar-refractivity contribution in [3.8, 4) is 0 Å². The van der Waals surface area contributed by atoms with Gasteiger partial charge in [0.05, 0.1) is 5.56 Å². The summed E-state index contributed by atoms with van der Waals surface area (Å²) >= 11 is 1.01. The molecule has 0 unspecified atom stereocenters. The molecule has 2 nitrogen and oxygen atoms in total. The summed E-state index contributed by atoms with van der Waals surface area (Å²) in [5, 5.41) is 1.75. The lowest BCUT2D eigenvalue weighted by Crippen LogP contribution is -2.04. The van der Waals surface area contributed by atoms with Gasteiger partial charge in [0.25, 0.3) is 0 Å². The predicted molar refractivity (Wildman–Crippen MR) is 75.0 cm³/mol. The highest BCUT2D eigenvalue weighted by Gasteiger charge is 2.30. The normalized spacial score (nSPS) is 11.8. The van der Waals surface area contributed by atoms with E-state index in [0.717, 1.165) is 24.0 Å². The summed E-state index contributed by atoms with van der Waals surface area (Å²) in [5.41, 5.74) is -0.512. The monoisotopic (exact) mass is 327 g/mol. The van der Waals surface area contributed by atoms with Gasteiger partial charge in [0.1, 0.15) is 10.8 Å².